The highest BCUT2D eigenvalue weighted by atomic mass is 19.4. The second-order valence-corrected chi connectivity index (χ2v) is 11.9. The summed E-state index contributed by atoms with van der Waals surface area (Å²) in [6.07, 6.45) is -1.79. The standard InChI is InChI=1S/C33H35F3N4O3/c1-21-17-22(2)19-26(18-21)42-28-8-6-7-27(38-28)30-29(23-9-11-24(12-10-23)33(34,35)36)37-20-40(30)25-13-15-39(16-14-25)31(41)43-32(3,4)5/h6-12,17-20,25H,13-16H2,1-5H3. The van der Waals surface area contributed by atoms with Crippen LogP contribution in [0.25, 0.3) is 22.6 Å². The maximum absolute atomic E-state index is 13.3. The van der Waals surface area contributed by atoms with Crippen LogP contribution in [0, 0.1) is 13.8 Å². The lowest BCUT2D eigenvalue weighted by Crippen LogP contribution is -2.42. The first-order valence-corrected chi connectivity index (χ1v) is 14.2. The van der Waals surface area contributed by atoms with Gasteiger partial charge in [0.15, 0.2) is 0 Å². The number of halogens is 3. The van der Waals surface area contributed by atoms with Gasteiger partial charge in [-0.1, -0.05) is 24.3 Å². The summed E-state index contributed by atoms with van der Waals surface area (Å²) in [5.74, 6) is 1.04. The fourth-order valence-electron chi connectivity index (χ4n) is 5.29. The van der Waals surface area contributed by atoms with Gasteiger partial charge in [-0.3, -0.25) is 0 Å². The van der Waals surface area contributed by atoms with Crippen molar-refractivity contribution in [2.24, 2.45) is 0 Å². The Morgan fingerprint density at radius 2 is 1.58 bits per heavy atom. The summed E-state index contributed by atoms with van der Waals surface area (Å²) in [6.45, 7) is 10.5. The van der Waals surface area contributed by atoms with Crippen LogP contribution in [0.4, 0.5) is 18.0 Å². The molecule has 0 spiro atoms. The summed E-state index contributed by atoms with van der Waals surface area (Å²) in [5, 5.41) is 0. The van der Waals surface area contributed by atoms with Crippen LogP contribution in [0.1, 0.15) is 56.3 Å². The SMILES string of the molecule is Cc1cc(C)cc(Oc2cccc(-c3c(-c4ccc(C(F)(F)F)cc4)ncn3C3CCN(C(=O)OC(C)(C)C)CC3)n2)c1. The Hall–Kier alpha value is -4.34. The molecule has 1 aliphatic rings. The molecule has 0 N–H and O–H groups in total. The van der Waals surface area contributed by atoms with Gasteiger partial charge in [-0.25, -0.2) is 14.8 Å². The summed E-state index contributed by atoms with van der Waals surface area (Å²) < 4.78 is 53.5. The molecule has 43 heavy (non-hydrogen) atoms. The van der Waals surface area contributed by atoms with Crippen LogP contribution in [0.5, 0.6) is 11.6 Å². The lowest BCUT2D eigenvalue weighted by Gasteiger charge is -2.34. The van der Waals surface area contributed by atoms with Crippen LogP contribution >= 0.6 is 0 Å². The molecule has 0 unspecified atom stereocenters. The van der Waals surface area contributed by atoms with Gasteiger partial charge in [-0.15, -0.1) is 0 Å². The number of aryl methyl sites for hydroxylation is 2. The molecule has 4 aromatic rings. The number of hydrogen-bond acceptors (Lipinski definition) is 5. The predicted octanol–water partition coefficient (Wildman–Crippen LogP) is 8.61. The Morgan fingerprint density at radius 1 is 0.930 bits per heavy atom. The minimum Gasteiger partial charge on any atom is -0.444 e. The van der Waals surface area contributed by atoms with Gasteiger partial charge in [0.1, 0.15) is 11.4 Å². The number of amides is 1. The van der Waals surface area contributed by atoms with Crippen molar-refractivity contribution >= 4 is 6.09 Å². The quantitative estimate of drug-likeness (QED) is 0.232. The average molecular weight is 593 g/mol. The minimum absolute atomic E-state index is 0.0183. The van der Waals surface area contributed by atoms with Crippen molar-refractivity contribution in [1.82, 2.24) is 19.4 Å². The van der Waals surface area contributed by atoms with E-state index in [1.54, 1.807) is 17.3 Å². The molecular weight excluding hydrogens is 557 g/mol. The molecule has 5 rings (SSSR count). The molecule has 0 aliphatic carbocycles. The third-order valence-corrected chi connectivity index (χ3v) is 7.17. The van der Waals surface area contributed by atoms with Gasteiger partial charge in [0.05, 0.1) is 29.0 Å². The molecule has 2 aromatic heterocycles. The van der Waals surface area contributed by atoms with E-state index in [-0.39, 0.29) is 12.1 Å². The van der Waals surface area contributed by atoms with Gasteiger partial charge in [-0.05, 0) is 88.9 Å². The van der Waals surface area contributed by atoms with E-state index in [1.807, 2.05) is 63.5 Å². The summed E-state index contributed by atoms with van der Waals surface area (Å²) in [6, 6.07) is 16.3. The van der Waals surface area contributed by atoms with E-state index >= 15 is 0 Å². The number of pyridine rings is 1. The molecule has 3 heterocycles. The number of benzene rings is 2. The Morgan fingerprint density at radius 3 is 2.19 bits per heavy atom. The second-order valence-electron chi connectivity index (χ2n) is 11.9. The first-order chi connectivity index (χ1) is 20.3. The Labute approximate surface area is 249 Å². The van der Waals surface area contributed by atoms with Crippen LogP contribution in [0.2, 0.25) is 0 Å². The van der Waals surface area contributed by atoms with Gasteiger partial charge in [0.2, 0.25) is 5.88 Å². The molecule has 1 amide bonds. The minimum atomic E-state index is -4.44. The van der Waals surface area contributed by atoms with Crippen molar-refractivity contribution in [2.75, 3.05) is 13.1 Å². The summed E-state index contributed by atoms with van der Waals surface area (Å²) in [5.41, 5.74) is 3.10. The third kappa shape index (κ3) is 7.18. The van der Waals surface area contributed by atoms with Crippen LogP contribution in [-0.2, 0) is 10.9 Å². The zero-order valence-electron chi connectivity index (χ0n) is 24.9. The number of nitrogens with zero attached hydrogens (tertiary/aromatic N) is 4. The van der Waals surface area contributed by atoms with Crippen molar-refractivity contribution in [1.29, 1.82) is 0 Å². The highest BCUT2D eigenvalue weighted by molar-refractivity contribution is 5.77. The smallest absolute Gasteiger partial charge is 0.416 e. The van der Waals surface area contributed by atoms with Crippen LogP contribution < -0.4 is 4.74 Å². The molecule has 0 bridgehead atoms. The number of imidazole rings is 1. The normalized spacial score (nSPS) is 14.6. The second kappa shape index (κ2) is 11.7. The molecule has 0 atom stereocenters. The summed E-state index contributed by atoms with van der Waals surface area (Å²) in [4.78, 5) is 23.8. The molecular formula is C33H35F3N4O3. The van der Waals surface area contributed by atoms with Gasteiger partial charge >= 0.3 is 12.3 Å². The maximum Gasteiger partial charge on any atom is 0.416 e. The highest BCUT2D eigenvalue weighted by Gasteiger charge is 2.32. The van der Waals surface area contributed by atoms with Gasteiger partial charge in [0.25, 0.3) is 0 Å². The Bertz CT molecular complexity index is 1580. The fourth-order valence-corrected chi connectivity index (χ4v) is 5.29. The molecule has 1 saturated heterocycles. The molecule has 0 radical (unpaired) electrons. The van der Waals surface area contributed by atoms with E-state index < -0.39 is 17.3 Å². The van der Waals surface area contributed by atoms with Crippen molar-refractivity contribution in [3.8, 4) is 34.3 Å². The topological polar surface area (TPSA) is 69.5 Å². The van der Waals surface area contributed by atoms with Gasteiger partial charge in [0, 0.05) is 30.8 Å². The maximum atomic E-state index is 13.3. The number of hydrogen-bond donors (Lipinski definition) is 0. The summed E-state index contributed by atoms with van der Waals surface area (Å²) >= 11 is 0. The molecule has 1 aliphatic heterocycles. The number of ether oxygens (including phenoxy) is 2. The van der Waals surface area contributed by atoms with Crippen molar-refractivity contribution in [3.63, 3.8) is 0 Å². The highest BCUT2D eigenvalue weighted by Crippen LogP contribution is 2.38. The number of carbonyl (C=O) groups excluding carboxylic acids is 1. The van der Waals surface area contributed by atoms with Crippen LogP contribution in [0.3, 0.4) is 0 Å². The predicted molar refractivity (Wildman–Crippen MR) is 158 cm³/mol. The van der Waals surface area contributed by atoms with Crippen molar-refractivity contribution in [2.45, 2.75) is 65.3 Å². The molecule has 0 saturated carbocycles. The molecule has 1 fully saturated rings. The van der Waals surface area contributed by atoms with E-state index in [9.17, 15) is 18.0 Å². The summed E-state index contributed by atoms with van der Waals surface area (Å²) in [7, 11) is 0. The monoisotopic (exact) mass is 592 g/mol. The zero-order chi connectivity index (χ0) is 30.9. The van der Waals surface area contributed by atoms with Crippen LogP contribution in [0.15, 0.2) is 67.0 Å². The van der Waals surface area contributed by atoms with E-state index in [2.05, 4.69) is 11.1 Å². The first kappa shape index (κ1) is 30.1. The van der Waals surface area contributed by atoms with E-state index in [0.29, 0.717) is 60.2 Å². The number of aromatic nitrogens is 3. The first-order valence-electron chi connectivity index (χ1n) is 14.2. The lowest BCUT2D eigenvalue weighted by atomic mass is 10.0. The fraction of sp³-hybridized carbons (Fsp3) is 0.364. The van der Waals surface area contributed by atoms with Crippen molar-refractivity contribution < 1.29 is 27.4 Å². The number of carbonyl (C=O) groups is 1. The van der Waals surface area contributed by atoms with E-state index in [1.165, 1.54) is 12.1 Å². The average Bonchev–Trinajstić information content (AvgIpc) is 3.37. The molecule has 226 valence electrons. The third-order valence-electron chi connectivity index (χ3n) is 7.17. The van der Waals surface area contributed by atoms with Gasteiger partial charge < -0.3 is 18.9 Å². The number of rotatable bonds is 5. The molecule has 10 heteroatoms. The molecule has 7 nitrogen and oxygen atoms in total. The van der Waals surface area contributed by atoms with Gasteiger partial charge in [-0.2, -0.15) is 13.2 Å². The zero-order valence-corrected chi connectivity index (χ0v) is 24.9. The largest absolute Gasteiger partial charge is 0.444 e. The lowest BCUT2D eigenvalue weighted by molar-refractivity contribution is -0.137. The van der Waals surface area contributed by atoms with E-state index in [0.717, 1.165) is 23.3 Å². The number of likely N-dealkylation sites (tertiary alicyclic amines) is 1. The number of alkyl halides is 3. The Balaban J connectivity index is 1.49. The Kier molecular flexibility index (Phi) is 8.23. The number of piperidine rings is 1. The van der Waals surface area contributed by atoms with Crippen LogP contribution in [-0.4, -0.2) is 44.2 Å². The van der Waals surface area contributed by atoms with Crippen molar-refractivity contribution in [3.05, 3.63) is 83.7 Å². The van der Waals surface area contributed by atoms with E-state index in [4.69, 9.17) is 14.5 Å². The molecule has 2 aromatic carbocycles.